The lowest BCUT2D eigenvalue weighted by Crippen LogP contribution is -2.41. The van der Waals surface area contributed by atoms with Crippen LogP contribution in [0.3, 0.4) is 0 Å². The van der Waals surface area contributed by atoms with Gasteiger partial charge in [-0.05, 0) is 12.1 Å². The van der Waals surface area contributed by atoms with E-state index in [9.17, 15) is 4.79 Å². The second-order valence-electron chi connectivity index (χ2n) is 5.39. The van der Waals surface area contributed by atoms with E-state index in [0.29, 0.717) is 45.1 Å². The smallest absolute Gasteiger partial charge is 0.253 e. The number of nitrogens with one attached hydrogen (secondary N) is 1. The van der Waals surface area contributed by atoms with E-state index in [2.05, 4.69) is 10.2 Å². The van der Waals surface area contributed by atoms with Crippen LogP contribution in [0.25, 0.3) is 0 Å². The standard InChI is InChI=1S/C16H22N2O4/c19-16(17-11-13-12-21-9-10-22-13)14-3-1-2-4-15(14)18-5-7-20-8-6-18/h1-4,13H,5-12H2,(H,17,19)/t13-/m0/s1. The Labute approximate surface area is 130 Å². The molecule has 0 unspecified atom stereocenters. The maximum Gasteiger partial charge on any atom is 0.253 e. The highest BCUT2D eigenvalue weighted by atomic mass is 16.6. The lowest BCUT2D eigenvalue weighted by Gasteiger charge is -2.30. The Morgan fingerprint density at radius 1 is 1.14 bits per heavy atom. The normalized spacial score (nSPS) is 22.4. The molecule has 1 N–H and O–H groups in total. The van der Waals surface area contributed by atoms with E-state index in [1.165, 1.54) is 0 Å². The van der Waals surface area contributed by atoms with E-state index < -0.39 is 0 Å². The number of morpholine rings is 1. The van der Waals surface area contributed by atoms with Crippen molar-refractivity contribution < 1.29 is 19.0 Å². The molecule has 3 rings (SSSR count). The molecule has 0 aliphatic carbocycles. The van der Waals surface area contributed by atoms with Gasteiger partial charge >= 0.3 is 0 Å². The van der Waals surface area contributed by atoms with Gasteiger partial charge in [0, 0.05) is 25.3 Å². The van der Waals surface area contributed by atoms with Crippen LogP contribution in [-0.2, 0) is 14.2 Å². The van der Waals surface area contributed by atoms with E-state index in [1.54, 1.807) is 0 Å². The first-order valence-corrected chi connectivity index (χ1v) is 7.74. The van der Waals surface area contributed by atoms with Crippen LogP contribution in [-0.4, -0.2) is 64.7 Å². The Bertz CT molecular complexity index is 497. The third kappa shape index (κ3) is 3.76. The lowest BCUT2D eigenvalue weighted by atomic mass is 10.1. The predicted molar refractivity (Wildman–Crippen MR) is 82.4 cm³/mol. The molecule has 1 aromatic rings. The molecule has 2 aliphatic rings. The summed E-state index contributed by atoms with van der Waals surface area (Å²) in [4.78, 5) is 14.7. The topological polar surface area (TPSA) is 60.0 Å². The lowest BCUT2D eigenvalue weighted by molar-refractivity contribution is -0.0855. The van der Waals surface area contributed by atoms with E-state index in [4.69, 9.17) is 14.2 Å². The van der Waals surface area contributed by atoms with Gasteiger partial charge in [0.2, 0.25) is 0 Å². The zero-order chi connectivity index (χ0) is 15.2. The molecule has 6 nitrogen and oxygen atoms in total. The van der Waals surface area contributed by atoms with Crippen molar-refractivity contribution in [2.45, 2.75) is 6.10 Å². The molecule has 2 fully saturated rings. The number of carbonyl (C=O) groups is 1. The molecule has 0 spiro atoms. The Morgan fingerprint density at radius 3 is 2.73 bits per heavy atom. The van der Waals surface area contributed by atoms with Gasteiger partial charge in [0.15, 0.2) is 0 Å². The van der Waals surface area contributed by atoms with Crippen LogP contribution >= 0.6 is 0 Å². The fourth-order valence-electron chi connectivity index (χ4n) is 2.70. The minimum absolute atomic E-state index is 0.0618. The van der Waals surface area contributed by atoms with E-state index in [0.717, 1.165) is 18.8 Å². The van der Waals surface area contributed by atoms with Crippen molar-refractivity contribution >= 4 is 11.6 Å². The van der Waals surface area contributed by atoms with Crippen LogP contribution in [0.2, 0.25) is 0 Å². The Hall–Kier alpha value is -1.63. The molecule has 1 amide bonds. The van der Waals surface area contributed by atoms with E-state index in [1.807, 2.05) is 24.3 Å². The number of para-hydroxylation sites is 1. The molecule has 22 heavy (non-hydrogen) atoms. The van der Waals surface area contributed by atoms with Crippen LogP contribution in [0.5, 0.6) is 0 Å². The molecule has 120 valence electrons. The monoisotopic (exact) mass is 306 g/mol. The summed E-state index contributed by atoms with van der Waals surface area (Å²) < 4.78 is 16.3. The maximum absolute atomic E-state index is 12.5. The van der Waals surface area contributed by atoms with Gasteiger partial charge < -0.3 is 24.4 Å². The zero-order valence-electron chi connectivity index (χ0n) is 12.6. The number of hydrogen-bond donors (Lipinski definition) is 1. The fourth-order valence-corrected chi connectivity index (χ4v) is 2.70. The first-order chi connectivity index (χ1) is 10.8. The highest BCUT2D eigenvalue weighted by molar-refractivity contribution is 5.99. The number of nitrogens with zero attached hydrogens (tertiary/aromatic N) is 1. The van der Waals surface area contributed by atoms with Crippen molar-refractivity contribution in [3.05, 3.63) is 29.8 Å². The third-order valence-corrected chi connectivity index (χ3v) is 3.88. The molecule has 2 aliphatic heterocycles. The Morgan fingerprint density at radius 2 is 1.95 bits per heavy atom. The second kappa shape index (κ2) is 7.58. The van der Waals surface area contributed by atoms with Crippen molar-refractivity contribution in [3.63, 3.8) is 0 Å². The molecular formula is C16H22N2O4. The Kier molecular flexibility index (Phi) is 5.26. The average Bonchev–Trinajstić information content (AvgIpc) is 2.61. The molecule has 0 aromatic heterocycles. The van der Waals surface area contributed by atoms with Crippen LogP contribution in [0.4, 0.5) is 5.69 Å². The average molecular weight is 306 g/mol. The highest BCUT2D eigenvalue weighted by Crippen LogP contribution is 2.21. The number of anilines is 1. The molecule has 2 saturated heterocycles. The molecule has 6 heteroatoms. The fraction of sp³-hybridized carbons (Fsp3) is 0.562. The van der Waals surface area contributed by atoms with Gasteiger partial charge in [-0.1, -0.05) is 12.1 Å². The summed E-state index contributed by atoms with van der Waals surface area (Å²) in [5, 5.41) is 2.95. The maximum atomic E-state index is 12.5. The second-order valence-corrected chi connectivity index (χ2v) is 5.39. The highest BCUT2D eigenvalue weighted by Gasteiger charge is 2.20. The summed E-state index contributed by atoms with van der Waals surface area (Å²) in [5.74, 6) is -0.0729. The predicted octanol–water partition coefficient (Wildman–Crippen LogP) is 0.668. The van der Waals surface area contributed by atoms with Gasteiger partial charge in [-0.25, -0.2) is 0 Å². The quantitative estimate of drug-likeness (QED) is 0.886. The first kappa shape index (κ1) is 15.3. The van der Waals surface area contributed by atoms with Crippen LogP contribution in [0.15, 0.2) is 24.3 Å². The van der Waals surface area contributed by atoms with Gasteiger partial charge in [-0.15, -0.1) is 0 Å². The number of ether oxygens (including phenoxy) is 3. The molecule has 0 saturated carbocycles. The molecule has 1 aromatic carbocycles. The molecule has 0 bridgehead atoms. The largest absolute Gasteiger partial charge is 0.378 e. The van der Waals surface area contributed by atoms with Gasteiger partial charge in [0.1, 0.15) is 0 Å². The minimum atomic E-state index is -0.0729. The van der Waals surface area contributed by atoms with Gasteiger partial charge in [0.05, 0.1) is 44.7 Å². The number of carbonyl (C=O) groups excluding carboxylic acids is 1. The summed E-state index contributed by atoms with van der Waals surface area (Å²) >= 11 is 0. The Balaban J connectivity index is 1.63. The molecule has 2 heterocycles. The SMILES string of the molecule is O=C(NC[C@H]1COCCO1)c1ccccc1N1CCOCC1. The van der Waals surface area contributed by atoms with Crippen molar-refractivity contribution in [1.29, 1.82) is 0 Å². The van der Waals surface area contributed by atoms with Crippen LogP contribution in [0.1, 0.15) is 10.4 Å². The minimum Gasteiger partial charge on any atom is -0.378 e. The summed E-state index contributed by atoms with van der Waals surface area (Å²) in [6, 6.07) is 7.69. The summed E-state index contributed by atoms with van der Waals surface area (Å²) in [7, 11) is 0. The summed E-state index contributed by atoms with van der Waals surface area (Å²) in [5.41, 5.74) is 1.66. The van der Waals surface area contributed by atoms with Crippen molar-refractivity contribution in [3.8, 4) is 0 Å². The number of hydrogen-bond acceptors (Lipinski definition) is 5. The van der Waals surface area contributed by atoms with Gasteiger partial charge in [-0.2, -0.15) is 0 Å². The first-order valence-electron chi connectivity index (χ1n) is 7.74. The van der Waals surface area contributed by atoms with Gasteiger partial charge in [0.25, 0.3) is 5.91 Å². The summed E-state index contributed by atoms with van der Waals surface area (Å²) in [6.45, 7) is 5.23. The van der Waals surface area contributed by atoms with Crippen molar-refractivity contribution in [2.24, 2.45) is 0 Å². The van der Waals surface area contributed by atoms with E-state index in [-0.39, 0.29) is 12.0 Å². The van der Waals surface area contributed by atoms with Crippen molar-refractivity contribution in [2.75, 3.05) is 57.6 Å². The zero-order valence-corrected chi connectivity index (χ0v) is 12.6. The van der Waals surface area contributed by atoms with Crippen LogP contribution < -0.4 is 10.2 Å². The number of benzene rings is 1. The molecular weight excluding hydrogens is 284 g/mol. The molecule has 1 atom stereocenters. The number of amides is 1. The van der Waals surface area contributed by atoms with Crippen LogP contribution in [0, 0.1) is 0 Å². The number of rotatable bonds is 4. The third-order valence-electron chi connectivity index (χ3n) is 3.88. The van der Waals surface area contributed by atoms with Crippen molar-refractivity contribution in [1.82, 2.24) is 5.32 Å². The summed E-state index contributed by atoms with van der Waals surface area (Å²) in [6.07, 6.45) is -0.0618. The van der Waals surface area contributed by atoms with Gasteiger partial charge in [-0.3, -0.25) is 4.79 Å². The molecule has 0 radical (unpaired) electrons. The van der Waals surface area contributed by atoms with E-state index >= 15 is 0 Å².